The quantitative estimate of drug-likeness (QED) is 0.746. The fourth-order valence-electron chi connectivity index (χ4n) is 4.18. The molecule has 3 heterocycles. The predicted octanol–water partition coefficient (Wildman–Crippen LogP) is 0.192. The maximum absolute atomic E-state index is 12.5. The normalized spacial score (nSPS) is 38.9. The first-order valence-electron chi connectivity index (χ1n) is 7.93. The topological polar surface area (TPSA) is 66.9 Å². The average molecular weight is 314 g/mol. The number of hydrogen-bond donors (Lipinski definition) is 0. The summed E-state index contributed by atoms with van der Waals surface area (Å²) in [7, 11) is -3.19. The van der Waals surface area contributed by atoms with Crippen molar-refractivity contribution in [3.8, 4) is 0 Å². The smallest absolute Gasteiger partial charge is 0.238 e. The average Bonchev–Trinajstić information content (AvgIpc) is 2.98. The number of likely N-dealkylation sites (tertiary alicyclic amines) is 1. The first kappa shape index (κ1) is 14.0. The SMILES string of the molecule is O=C(CN1CCCS1(=O)=O)N1CC2(CCCO2)C1C1CC1. The van der Waals surface area contributed by atoms with Crippen molar-refractivity contribution < 1.29 is 17.9 Å². The van der Waals surface area contributed by atoms with Gasteiger partial charge in [0, 0.05) is 13.2 Å². The van der Waals surface area contributed by atoms with E-state index in [1.807, 2.05) is 4.90 Å². The lowest BCUT2D eigenvalue weighted by atomic mass is 9.78. The molecule has 1 saturated carbocycles. The van der Waals surface area contributed by atoms with E-state index in [4.69, 9.17) is 4.74 Å². The van der Waals surface area contributed by atoms with Gasteiger partial charge in [0.15, 0.2) is 0 Å². The highest BCUT2D eigenvalue weighted by molar-refractivity contribution is 7.89. The minimum atomic E-state index is -3.19. The van der Waals surface area contributed by atoms with Crippen LogP contribution in [0.1, 0.15) is 32.1 Å². The fourth-order valence-corrected chi connectivity index (χ4v) is 5.65. The highest BCUT2D eigenvalue weighted by Gasteiger charge is 2.61. The highest BCUT2D eigenvalue weighted by atomic mass is 32.2. The van der Waals surface area contributed by atoms with Gasteiger partial charge in [0.1, 0.15) is 5.60 Å². The van der Waals surface area contributed by atoms with E-state index in [-0.39, 0.29) is 29.8 Å². The van der Waals surface area contributed by atoms with E-state index >= 15 is 0 Å². The van der Waals surface area contributed by atoms with Crippen molar-refractivity contribution in [1.29, 1.82) is 0 Å². The predicted molar refractivity (Wildman–Crippen MR) is 76.1 cm³/mol. The maximum Gasteiger partial charge on any atom is 0.238 e. The summed E-state index contributed by atoms with van der Waals surface area (Å²) in [5.74, 6) is 0.703. The van der Waals surface area contributed by atoms with Crippen LogP contribution in [-0.2, 0) is 19.6 Å². The molecule has 0 N–H and O–H groups in total. The van der Waals surface area contributed by atoms with E-state index < -0.39 is 10.0 Å². The number of hydrogen-bond acceptors (Lipinski definition) is 4. The first-order valence-corrected chi connectivity index (χ1v) is 9.54. The van der Waals surface area contributed by atoms with Gasteiger partial charge >= 0.3 is 0 Å². The van der Waals surface area contributed by atoms with Crippen LogP contribution in [-0.4, -0.2) is 67.2 Å². The van der Waals surface area contributed by atoms with Crippen LogP contribution in [0, 0.1) is 5.92 Å². The van der Waals surface area contributed by atoms with E-state index in [0.717, 1.165) is 19.4 Å². The number of carbonyl (C=O) groups is 1. The summed E-state index contributed by atoms with van der Waals surface area (Å²) in [6.07, 6.45) is 5.09. The van der Waals surface area contributed by atoms with Gasteiger partial charge in [-0.05, 0) is 38.0 Å². The van der Waals surface area contributed by atoms with Crippen LogP contribution in [0.15, 0.2) is 0 Å². The van der Waals surface area contributed by atoms with Crippen molar-refractivity contribution in [3.63, 3.8) is 0 Å². The Morgan fingerprint density at radius 3 is 2.67 bits per heavy atom. The molecule has 1 spiro atoms. The zero-order valence-corrected chi connectivity index (χ0v) is 13.0. The van der Waals surface area contributed by atoms with Crippen molar-refractivity contribution in [2.45, 2.75) is 43.7 Å². The zero-order chi connectivity index (χ0) is 14.7. The third kappa shape index (κ3) is 2.21. The van der Waals surface area contributed by atoms with Crippen molar-refractivity contribution in [1.82, 2.24) is 9.21 Å². The zero-order valence-electron chi connectivity index (χ0n) is 12.2. The Balaban J connectivity index is 1.45. The molecule has 2 unspecified atom stereocenters. The summed E-state index contributed by atoms with van der Waals surface area (Å²) in [5, 5.41) is 0. The van der Waals surface area contributed by atoms with E-state index in [9.17, 15) is 13.2 Å². The molecule has 1 amide bonds. The minimum absolute atomic E-state index is 0.0155. The number of ether oxygens (including phenoxy) is 1. The number of rotatable bonds is 3. The molecule has 3 saturated heterocycles. The third-order valence-electron chi connectivity index (χ3n) is 5.35. The molecule has 0 bridgehead atoms. The van der Waals surface area contributed by atoms with Crippen molar-refractivity contribution in [3.05, 3.63) is 0 Å². The number of nitrogens with zero attached hydrogens (tertiary/aromatic N) is 2. The molecule has 0 aromatic carbocycles. The van der Waals surface area contributed by atoms with Gasteiger partial charge in [-0.3, -0.25) is 4.79 Å². The molecule has 21 heavy (non-hydrogen) atoms. The number of amides is 1. The summed E-state index contributed by atoms with van der Waals surface area (Å²) < 4.78 is 31.0. The van der Waals surface area contributed by atoms with Crippen LogP contribution in [0.5, 0.6) is 0 Å². The lowest BCUT2D eigenvalue weighted by Crippen LogP contribution is -2.72. The van der Waals surface area contributed by atoms with Gasteiger partial charge in [-0.2, -0.15) is 4.31 Å². The number of sulfonamides is 1. The van der Waals surface area contributed by atoms with Crippen molar-refractivity contribution in [2.24, 2.45) is 5.92 Å². The molecule has 1 aliphatic carbocycles. The Kier molecular flexibility index (Phi) is 3.10. The molecule has 0 aromatic heterocycles. The third-order valence-corrected chi connectivity index (χ3v) is 7.25. The molecular weight excluding hydrogens is 292 g/mol. The monoisotopic (exact) mass is 314 g/mol. The standard InChI is InChI=1S/C14H22N2O4S/c17-12(9-15-6-2-8-21(15,18)19)16-10-14(5-1-7-20-14)13(16)11-3-4-11/h11,13H,1-10H2. The molecule has 4 rings (SSSR count). The minimum Gasteiger partial charge on any atom is -0.371 e. The van der Waals surface area contributed by atoms with Crippen LogP contribution in [0.25, 0.3) is 0 Å². The fraction of sp³-hybridized carbons (Fsp3) is 0.929. The summed E-state index contributed by atoms with van der Waals surface area (Å²) in [6, 6.07) is 0.192. The van der Waals surface area contributed by atoms with Crippen LogP contribution in [0.2, 0.25) is 0 Å². The largest absolute Gasteiger partial charge is 0.371 e. The van der Waals surface area contributed by atoms with Crippen LogP contribution in [0.3, 0.4) is 0 Å². The maximum atomic E-state index is 12.5. The van der Waals surface area contributed by atoms with Gasteiger partial charge in [0.25, 0.3) is 0 Å². The van der Waals surface area contributed by atoms with Gasteiger partial charge in [0.2, 0.25) is 15.9 Å². The van der Waals surface area contributed by atoms with Gasteiger partial charge < -0.3 is 9.64 Å². The Morgan fingerprint density at radius 1 is 1.29 bits per heavy atom. The van der Waals surface area contributed by atoms with Crippen molar-refractivity contribution in [2.75, 3.05) is 32.0 Å². The second kappa shape index (κ2) is 4.67. The second-order valence-electron chi connectivity index (χ2n) is 6.82. The molecule has 118 valence electrons. The molecule has 2 atom stereocenters. The van der Waals surface area contributed by atoms with Gasteiger partial charge in [-0.1, -0.05) is 0 Å². The van der Waals surface area contributed by atoms with E-state index in [1.54, 1.807) is 0 Å². The summed E-state index contributed by atoms with van der Waals surface area (Å²) in [6.45, 7) is 1.95. The molecular formula is C14H22N2O4S. The highest BCUT2D eigenvalue weighted by Crippen LogP contribution is 2.51. The Hall–Kier alpha value is -0.660. The lowest BCUT2D eigenvalue weighted by molar-refractivity contribution is -0.185. The molecule has 4 aliphatic rings. The van der Waals surface area contributed by atoms with Gasteiger partial charge in [-0.25, -0.2) is 8.42 Å². The molecule has 6 nitrogen and oxygen atoms in total. The summed E-state index contributed by atoms with van der Waals surface area (Å²) in [4.78, 5) is 14.4. The number of carbonyl (C=O) groups excluding carboxylic acids is 1. The summed E-state index contributed by atoms with van der Waals surface area (Å²) >= 11 is 0. The molecule has 0 aromatic rings. The van der Waals surface area contributed by atoms with Crippen LogP contribution < -0.4 is 0 Å². The second-order valence-corrected chi connectivity index (χ2v) is 8.91. The summed E-state index contributed by atoms with van der Waals surface area (Å²) in [5.41, 5.74) is -0.110. The molecule has 3 aliphatic heterocycles. The van der Waals surface area contributed by atoms with E-state index in [0.29, 0.717) is 25.4 Å². The molecule has 0 radical (unpaired) electrons. The van der Waals surface area contributed by atoms with Crippen molar-refractivity contribution >= 4 is 15.9 Å². The molecule has 7 heteroatoms. The van der Waals surface area contributed by atoms with Gasteiger partial charge in [0.05, 0.1) is 24.9 Å². The van der Waals surface area contributed by atoms with E-state index in [1.165, 1.54) is 17.1 Å². The Morgan fingerprint density at radius 2 is 2.10 bits per heavy atom. The van der Waals surface area contributed by atoms with Crippen LogP contribution in [0.4, 0.5) is 0 Å². The molecule has 4 fully saturated rings. The lowest BCUT2D eigenvalue weighted by Gasteiger charge is -2.55. The Labute approximate surface area is 125 Å². The first-order chi connectivity index (χ1) is 10.0. The van der Waals surface area contributed by atoms with Crippen LogP contribution >= 0.6 is 0 Å². The van der Waals surface area contributed by atoms with E-state index in [2.05, 4.69) is 0 Å². The van der Waals surface area contributed by atoms with Gasteiger partial charge in [-0.15, -0.1) is 0 Å². The Bertz CT molecular complexity index is 551.